The zero-order valence-corrected chi connectivity index (χ0v) is 7.56. The van der Waals surface area contributed by atoms with Crippen LogP contribution < -0.4 is 0 Å². The van der Waals surface area contributed by atoms with Crippen molar-refractivity contribution in [2.24, 2.45) is 0 Å². The number of halogens is 1. The van der Waals surface area contributed by atoms with Crippen LogP contribution in [0.4, 0.5) is 0 Å². The Labute approximate surface area is 68.4 Å². The average molecular weight is 205 g/mol. The second kappa shape index (κ2) is 2.38. The van der Waals surface area contributed by atoms with E-state index in [0.29, 0.717) is 5.33 Å². The summed E-state index contributed by atoms with van der Waals surface area (Å²) in [5, 5.41) is 0.700. The molecule has 0 spiro atoms. The molecule has 0 bridgehead atoms. The summed E-state index contributed by atoms with van der Waals surface area (Å²) in [7, 11) is 0. The Morgan fingerprint density at radius 1 is 1.70 bits per heavy atom. The van der Waals surface area contributed by atoms with E-state index in [1.54, 1.807) is 0 Å². The molecule has 1 aliphatic rings. The summed E-state index contributed by atoms with van der Waals surface area (Å²) >= 11 is 3.28. The van der Waals surface area contributed by atoms with E-state index >= 15 is 0 Å². The highest BCUT2D eigenvalue weighted by atomic mass is 79.9. The lowest BCUT2D eigenvalue weighted by Gasteiger charge is -2.19. The largest absolute Gasteiger partial charge is 0.452 e. The monoisotopic (exact) mass is 204 g/mol. The van der Waals surface area contributed by atoms with E-state index in [1.165, 1.54) is 6.08 Å². The Kier molecular flexibility index (Phi) is 1.86. The second-order valence-electron chi connectivity index (χ2n) is 2.73. The van der Waals surface area contributed by atoms with E-state index in [0.717, 1.165) is 5.57 Å². The molecule has 0 unspecified atom stereocenters. The van der Waals surface area contributed by atoms with Crippen molar-refractivity contribution in [3.63, 3.8) is 0 Å². The van der Waals surface area contributed by atoms with Crippen LogP contribution in [0.15, 0.2) is 11.6 Å². The van der Waals surface area contributed by atoms with E-state index in [4.69, 9.17) is 4.74 Å². The summed E-state index contributed by atoms with van der Waals surface area (Å²) in [6.07, 6.45) is 1.54. The predicted octanol–water partition coefficient (Wildman–Crippen LogP) is 1.64. The van der Waals surface area contributed by atoms with Gasteiger partial charge in [0.05, 0.1) is 0 Å². The minimum Gasteiger partial charge on any atom is -0.452 e. The first kappa shape index (κ1) is 7.79. The number of carbonyl (C=O) groups excluding carboxylic acids is 1. The predicted molar refractivity (Wildman–Crippen MR) is 42.0 cm³/mol. The first-order valence-electron chi connectivity index (χ1n) is 3.06. The summed E-state index contributed by atoms with van der Waals surface area (Å²) < 4.78 is 4.99. The zero-order chi connectivity index (χ0) is 7.78. The van der Waals surface area contributed by atoms with Crippen molar-refractivity contribution >= 4 is 21.9 Å². The Balaban J connectivity index is 2.86. The van der Waals surface area contributed by atoms with Crippen LogP contribution in [0, 0.1) is 0 Å². The van der Waals surface area contributed by atoms with Crippen molar-refractivity contribution in [3.05, 3.63) is 11.6 Å². The van der Waals surface area contributed by atoms with Crippen LogP contribution in [0.5, 0.6) is 0 Å². The Morgan fingerprint density at radius 3 is 2.50 bits per heavy atom. The number of alkyl halides is 1. The molecule has 0 atom stereocenters. The number of ether oxygens (including phenoxy) is 1. The molecule has 2 nitrogen and oxygen atoms in total. The molecule has 10 heavy (non-hydrogen) atoms. The maximum absolute atomic E-state index is 10.7. The first-order chi connectivity index (χ1) is 4.56. The molecule has 0 saturated carbocycles. The number of cyclic esters (lactones) is 1. The van der Waals surface area contributed by atoms with Gasteiger partial charge in [-0.15, -0.1) is 0 Å². The van der Waals surface area contributed by atoms with Crippen molar-refractivity contribution in [2.45, 2.75) is 19.4 Å². The molecule has 0 radical (unpaired) electrons. The Morgan fingerprint density at radius 2 is 2.30 bits per heavy atom. The minimum absolute atomic E-state index is 0.237. The van der Waals surface area contributed by atoms with E-state index in [-0.39, 0.29) is 5.97 Å². The minimum atomic E-state index is -0.402. The number of hydrogen-bond donors (Lipinski definition) is 0. The molecule has 0 aromatic heterocycles. The van der Waals surface area contributed by atoms with E-state index in [9.17, 15) is 4.79 Å². The van der Waals surface area contributed by atoms with Crippen LogP contribution in [0.1, 0.15) is 13.8 Å². The summed E-state index contributed by atoms with van der Waals surface area (Å²) in [4.78, 5) is 10.7. The van der Waals surface area contributed by atoms with Gasteiger partial charge in [-0.1, -0.05) is 15.9 Å². The Bertz CT molecular complexity index is 194. The first-order valence-corrected chi connectivity index (χ1v) is 4.18. The molecule has 56 valence electrons. The van der Waals surface area contributed by atoms with Gasteiger partial charge in [-0.05, 0) is 19.4 Å². The van der Waals surface area contributed by atoms with Crippen LogP contribution in [0.2, 0.25) is 0 Å². The summed E-state index contributed by atoms with van der Waals surface area (Å²) in [5.41, 5.74) is 0.595. The fourth-order valence-electron chi connectivity index (χ4n) is 0.862. The van der Waals surface area contributed by atoms with Crippen LogP contribution in [0.25, 0.3) is 0 Å². The second-order valence-corrected chi connectivity index (χ2v) is 3.30. The van der Waals surface area contributed by atoms with Crippen LogP contribution in [-0.2, 0) is 9.53 Å². The molecule has 3 heteroatoms. The normalized spacial score (nSPS) is 22.3. The van der Waals surface area contributed by atoms with Gasteiger partial charge in [0.25, 0.3) is 0 Å². The molecule has 1 aliphatic heterocycles. The molecule has 0 fully saturated rings. The van der Waals surface area contributed by atoms with Crippen LogP contribution in [0.3, 0.4) is 0 Å². The summed E-state index contributed by atoms with van der Waals surface area (Å²) in [5.74, 6) is -0.237. The van der Waals surface area contributed by atoms with Gasteiger partial charge in [-0.25, -0.2) is 4.79 Å². The van der Waals surface area contributed by atoms with Gasteiger partial charge in [0, 0.05) is 11.4 Å². The van der Waals surface area contributed by atoms with Gasteiger partial charge in [-0.3, -0.25) is 0 Å². The van der Waals surface area contributed by atoms with Crippen molar-refractivity contribution in [3.8, 4) is 0 Å². The van der Waals surface area contributed by atoms with Crippen molar-refractivity contribution < 1.29 is 9.53 Å². The molecule has 0 amide bonds. The average Bonchev–Trinajstić information content (AvgIpc) is 2.04. The van der Waals surface area contributed by atoms with E-state index in [1.807, 2.05) is 13.8 Å². The Hall–Kier alpha value is -0.310. The highest BCUT2D eigenvalue weighted by Gasteiger charge is 2.32. The molecule has 0 aliphatic carbocycles. The fraction of sp³-hybridized carbons (Fsp3) is 0.571. The van der Waals surface area contributed by atoms with Gasteiger partial charge in [0.15, 0.2) is 0 Å². The van der Waals surface area contributed by atoms with Gasteiger partial charge in [0.1, 0.15) is 5.60 Å². The highest BCUT2D eigenvalue weighted by Crippen LogP contribution is 2.27. The van der Waals surface area contributed by atoms with E-state index < -0.39 is 5.60 Å². The molecule has 0 N–H and O–H groups in total. The van der Waals surface area contributed by atoms with Gasteiger partial charge in [-0.2, -0.15) is 0 Å². The SMILES string of the molecule is CC1(C)OC(=O)C=C1CBr. The van der Waals surface area contributed by atoms with Crippen molar-refractivity contribution in [2.75, 3.05) is 5.33 Å². The van der Waals surface area contributed by atoms with E-state index in [2.05, 4.69) is 15.9 Å². The van der Waals surface area contributed by atoms with Gasteiger partial charge >= 0.3 is 5.97 Å². The third kappa shape index (κ3) is 1.24. The van der Waals surface area contributed by atoms with Crippen LogP contribution >= 0.6 is 15.9 Å². The number of hydrogen-bond acceptors (Lipinski definition) is 2. The molecule has 0 aromatic rings. The van der Waals surface area contributed by atoms with Gasteiger partial charge in [0.2, 0.25) is 0 Å². The third-order valence-corrected chi connectivity index (χ3v) is 2.17. The summed E-state index contributed by atoms with van der Waals surface area (Å²) in [6.45, 7) is 3.76. The molecule has 1 rings (SSSR count). The smallest absolute Gasteiger partial charge is 0.331 e. The lowest BCUT2D eigenvalue weighted by atomic mass is 10.0. The number of carbonyl (C=O) groups is 1. The third-order valence-electron chi connectivity index (χ3n) is 1.57. The molecular formula is C7H9BrO2. The molecule has 1 heterocycles. The molecular weight excluding hydrogens is 196 g/mol. The maximum atomic E-state index is 10.7. The topological polar surface area (TPSA) is 26.3 Å². The van der Waals surface area contributed by atoms with Crippen LogP contribution in [-0.4, -0.2) is 16.9 Å². The standard InChI is InChI=1S/C7H9BrO2/c1-7(2)5(4-8)3-6(9)10-7/h3H,4H2,1-2H3. The lowest BCUT2D eigenvalue weighted by molar-refractivity contribution is -0.143. The molecule has 0 saturated heterocycles. The zero-order valence-electron chi connectivity index (χ0n) is 5.98. The fourth-order valence-corrected chi connectivity index (χ4v) is 1.70. The number of esters is 1. The van der Waals surface area contributed by atoms with Crippen molar-refractivity contribution in [1.82, 2.24) is 0 Å². The highest BCUT2D eigenvalue weighted by molar-refractivity contribution is 9.09. The van der Waals surface area contributed by atoms with Gasteiger partial charge < -0.3 is 4.74 Å². The molecule has 0 aromatic carbocycles. The summed E-state index contributed by atoms with van der Waals surface area (Å²) in [6, 6.07) is 0. The lowest BCUT2D eigenvalue weighted by Crippen LogP contribution is -2.23. The number of rotatable bonds is 1. The van der Waals surface area contributed by atoms with Crippen molar-refractivity contribution in [1.29, 1.82) is 0 Å². The maximum Gasteiger partial charge on any atom is 0.331 e. The quantitative estimate of drug-likeness (QED) is 0.480.